The predicted octanol–water partition coefficient (Wildman–Crippen LogP) is 1.96. The molecule has 9 N–H and O–H groups in total. The summed E-state index contributed by atoms with van der Waals surface area (Å²) in [7, 11) is 0. The van der Waals surface area contributed by atoms with E-state index in [4.69, 9.17) is 9.84 Å². The van der Waals surface area contributed by atoms with Crippen LogP contribution in [0.5, 0.6) is 0 Å². The molecule has 1 heterocycles. The van der Waals surface area contributed by atoms with Crippen molar-refractivity contribution in [1.82, 2.24) is 4.90 Å². The third-order valence-corrected chi connectivity index (χ3v) is 8.31. The van der Waals surface area contributed by atoms with Crippen molar-refractivity contribution in [3.63, 3.8) is 0 Å². The Kier molecular flexibility index (Phi) is 18.9. The lowest BCUT2D eigenvalue weighted by atomic mass is 9.88. The molecule has 1 amide bonds. The van der Waals surface area contributed by atoms with Gasteiger partial charge in [0, 0.05) is 19.4 Å². The molecule has 11 nitrogen and oxygen atoms in total. The number of rotatable bonds is 24. The number of hydrogen-bond donors (Lipinski definition) is 7. The Balaban J connectivity index is 2.66. The van der Waals surface area contributed by atoms with E-state index in [0.717, 1.165) is 30.6 Å². The van der Waals surface area contributed by atoms with E-state index in [0.29, 0.717) is 12.8 Å². The largest absolute Gasteiger partial charge is 0.477 e. The fourth-order valence-electron chi connectivity index (χ4n) is 5.37. The molecule has 0 saturated carbocycles. The topological polar surface area (TPSA) is 196 Å². The average Bonchev–Trinajstić information content (AvgIpc) is 2.97. The highest BCUT2D eigenvalue weighted by atomic mass is 19.3. The van der Waals surface area contributed by atoms with E-state index in [1.165, 1.54) is 51.4 Å². The molecule has 0 unspecified atom stereocenters. The lowest BCUT2D eigenvalue weighted by Crippen LogP contribution is -2.73. The molecular weight excluding hydrogens is 570 g/mol. The zero-order valence-corrected chi connectivity index (χ0v) is 25.8. The van der Waals surface area contributed by atoms with Gasteiger partial charge in [0.25, 0.3) is 5.79 Å². The number of aliphatic hydroxyl groups excluding tert-OH is 4. The molecule has 0 aromatic heterocycles. The Morgan fingerprint density at radius 2 is 1.40 bits per heavy atom. The predicted molar refractivity (Wildman–Crippen MR) is 155 cm³/mol. The highest BCUT2D eigenvalue weighted by Gasteiger charge is 2.66. The summed E-state index contributed by atoms with van der Waals surface area (Å²) >= 11 is 0. The standard InChI is InChI=1S/C30H56F2N2O9/c1-2-3-4-5-6-7-8-9-10-11-12-13-14-18-24(36)34(19-16-15-17-22(33)28(40)41)21-29(31,32)30(42)27(39)26(38)25(37)23(20-35)43-30/h22-23,25-27,35,37-39,42H,2-21,33H2,1H3,(H,40,41)/p+1/t22-,23+,25-,26-,27+,30+/m0/s1. The van der Waals surface area contributed by atoms with Crippen LogP contribution in [0.4, 0.5) is 8.78 Å². The summed E-state index contributed by atoms with van der Waals surface area (Å²) in [4.78, 5) is 24.9. The minimum absolute atomic E-state index is 0.0105. The maximum atomic E-state index is 15.5. The van der Waals surface area contributed by atoms with E-state index in [1.54, 1.807) is 0 Å². The van der Waals surface area contributed by atoms with Crippen LogP contribution in [0, 0.1) is 0 Å². The van der Waals surface area contributed by atoms with Gasteiger partial charge in [-0.3, -0.25) is 4.79 Å². The zero-order valence-electron chi connectivity index (χ0n) is 25.8. The van der Waals surface area contributed by atoms with Crippen molar-refractivity contribution in [2.24, 2.45) is 0 Å². The molecule has 1 fully saturated rings. The third-order valence-electron chi connectivity index (χ3n) is 8.31. The molecule has 254 valence electrons. The van der Waals surface area contributed by atoms with Gasteiger partial charge < -0.3 is 46.0 Å². The quantitative estimate of drug-likeness (QED) is 0.0783. The van der Waals surface area contributed by atoms with Crippen molar-refractivity contribution < 1.29 is 59.5 Å². The smallest absolute Gasteiger partial charge is 0.362 e. The molecular formula is C30H57F2N2O9+. The monoisotopic (exact) mass is 627 g/mol. The van der Waals surface area contributed by atoms with Gasteiger partial charge in [0.05, 0.1) is 13.2 Å². The summed E-state index contributed by atoms with van der Waals surface area (Å²) < 4.78 is 35.8. The van der Waals surface area contributed by atoms with Gasteiger partial charge in [0.15, 0.2) is 6.04 Å². The third kappa shape index (κ3) is 13.2. The molecule has 1 saturated heterocycles. The highest BCUT2D eigenvalue weighted by Crippen LogP contribution is 2.40. The van der Waals surface area contributed by atoms with Crippen molar-refractivity contribution in [3.8, 4) is 0 Å². The maximum Gasteiger partial charge on any atom is 0.362 e. The first-order valence-corrected chi connectivity index (χ1v) is 16.1. The van der Waals surface area contributed by atoms with Crippen LogP contribution in [0.2, 0.25) is 0 Å². The number of carboxylic acid groups (broad SMARTS) is 1. The number of unbranched alkanes of at least 4 members (excludes halogenated alkanes) is 13. The van der Waals surface area contributed by atoms with Gasteiger partial charge in [0.1, 0.15) is 24.4 Å². The average molecular weight is 628 g/mol. The molecule has 1 aliphatic rings. The second-order valence-electron chi connectivity index (χ2n) is 12.0. The van der Waals surface area contributed by atoms with Gasteiger partial charge in [-0.15, -0.1) is 0 Å². The number of halogens is 2. The van der Waals surface area contributed by atoms with Gasteiger partial charge in [-0.2, -0.15) is 8.78 Å². The number of alkyl halides is 2. The molecule has 1 aliphatic heterocycles. The Hall–Kier alpha value is -1.48. The second kappa shape index (κ2) is 20.5. The van der Waals surface area contributed by atoms with Crippen LogP contribution in [-0.4, -0.2) is 109 Å². The first-order chi connectivity index (χ1) is 20.3. The number of carboxylic acids is 1. The maximum absolute atomic E-state index is 15.5. The van der Waals surface area contributed by atoms with Crippen molar-refractivity contribution >= 4 is 11.9 Å². The summed E-state index contributed by atoms with van der Waals surface area (Å²) in [5.74, 6) is -9.68. The summed E-state index contributed by atoms with van der Waals surface area (Å²) in [6.07, 6.45) is 6.45. The number of hydrogen-bond acceptors (Lipinski definition) is 8. The van der Waals surface area contributed by atoms with E-state index < -0.39 is 67.2 Å². The Morgan fingerprint density at radius 3 is 1.88 bits per heavy atom. The molecule has 0 aliphatic carbocycles. The molecule has 0 aromatic rings. The van der Waals surface area contributed by atoms with E-state index in [1.807, 2.05) is 0 Å². The van der Waals surface area contributed by atoms with Crippen molar-refractivity contribution in [1.29, 1.82) is 0 Å². The minimum Gasteiger partial charge on any atom is -0.477 e. The minimum atomic E-state index is -4.30. The van der Waals surface area contributed by atoms with Crippen LogP contribution in [0.15, 0.2) is 0 Å². The Bertz CT molecular complexity index is 793. The van der Waals surface area contributed by atoms with Crippen LogP contribution in [0.25, 0.3) is 0 Å². The van der Waals surface area contributed by atoms with Crippen LogP contribution in [0.1, 0.15) is 116 Å². The molecule has 6 atom stereocenters. The Morgan fingerprint density at radius 1 is 0.884 bits per heavy atom. The number of aliphatic hydroxyl groups is 5. The van der Waals surface area contributed by atoms with Crippen molar-refractivity contribution in [2.45, 2.75) is 158 Å². The van der Waals surface area contributed by atoms with Crippen molar-refractivity contribution in [3.05, 3.63) is 0 Å². The van der Waals surface area contributed by atoms with Crippen LogP contribution >= 0.6 is 0 Å². The van der Waals surface area contributed by atoms with E-state index in [9.17, 15) is 35.1 Å². The number of carbonyl (C=O) groups excluding carboxylic acids is 1. The molecule has 1 rings (SSSR count). The first kappa shape index (κ1) is 39.5. The SMILES string of the molecule is CCCCCCCCCCCCCCCC(=O)N(CCCC[C@H]([NH3+])C(=O)O)CC(F)(F)[C@]1(O)O[C@H](CO)[C@H](O)[C@H](O)[C@H]1O. The number of aliphatic carboxylic acids is 1. The van der Waals surface area contributed by atoms with Crippen LogP contribution in [0.3, 0.4) is 0 Å². The molecule has 0 spiro atoms. The first-order valence-electron chi connectivity index (χ1n) is 16.1. The summed E-state index contributed by atoms with van der Waals surface area (Å²) in [6.45, 7) is -0.332. The lowest BCUT2D eigenvalue weighted by Gasteiger charge is -2.48. The van der Waals surface area contributed by atoms with Gasteiger partial charge >= 0.3 is 11.9 Å². The molecule has 0 aromatic carbocycles. The van der Waals surface area contributed by atoms with E-state index in [-0.39, 0.29) is 25.8 Å². The molecule has 0 bridgehead atoms. The van der Waals surface area contributed by atoms with Crippen LogP contribution in [-0.2, 0) is 14.3 Å². The van der Waals surface area contributed by atoms with Gasteiger partial charge in [-0.05, 0) is 19.3 Å². The number of ether oxygens (including phenoxy) is 1. The molecule has 43 heavy (non-hydrogen) atoms. The fraction of sp³-hybridized carbons (Fsp3) is 0.933. The Labute approximate surface area is 254 Å². The fourth-order valence-corrected chi connectivity index (χ4v) is 5.37. The number of carbonyl (C=O) groups is 2. The number of amides is 1. The number of quaternary nitrogens is 1. The summed E-state index contributed by atoms with van der Waals surface area (Å²) in [5.41, 5.74) is 3.51. The molecule has 0 radical (unpaired) electrons. The lowest BCUT2D eigenvalue weighted by molar-refractivity contribution is -0.411. The summed E-state index contributed by atoms with van der Waals surface area (Å²) in [5, 5.41) is 59.2. The van der Waals surface area contributed by atoms with E-state index in [2.05, 4.69) is 12.7 Å². The zero-order chi connectivity index (χ0) is 32.5. The van der Waals surface area contributed by atoms with Gasteiger partial charge in [0.2, 0.25) is 5.91 Å². The van der Waals surface area contributed by atoms with Crippen LogP contribution < -0.4 is 5.73 Å². The number of nitrogens with zero attached hydrogens (tertiary/aromatic N) is 1. The van der Waals surface area contributed by atoms with Crippen molar-refractivity contribution in [2.75, 3.05) is 19.7 Å². The van der Waals surface area contributed by atoms with E-state index >= 15 is 8.78 Å². The van der Waals surface area contributed by atoms with Gasteiger partial charge in [-0.1, -0.05) is 84.0 Å². The summed E-state index contributed by atoms with van der Waals surface area (Å²) in [6, 6.07) is -0.883. The molecule has 13 heteroatoms. The normalized spacial score (nSPS) is 25.0. The highest BCUT2D eigenvalue weighted by molar-refractivity contribution is 5.76. The second-order valence-corrected chi connectivity index (χ2v) is 12.0. The van der Waals surface area contributed by atoms with Gasteiger partial charge in [-0.25, -0.2) is 4.79 Å².